The summed E-state index contributed by atoms with van der Waals surface area (Å²) in [7, 11) is 0. The van der Waals surface area contributed by atoms with Gasteiger partial charge in [-0.1, -0.05) is 0 Å². The maximum absolute atomic E-state index is 14.7. The molecule has 9 nitrogen and oxygen atoms in total. The molecule has 0 aliphatic carbocycles. The van der Waals surface area contributed by atoms with Crippen LogP contribution in [0.2, 0.25) is 0 Å². The third-order valence-corrected chi connectivity index (χ3v) is 6.34. The number of halogens is 2. The number of phenolic OH excluding ortho intramolecular Hbond substituents is 1. The predicted molar refractivity (Wildman–Crippen MR) is 125 cm³/mol. The first-order valence-electron chi connectivity index (χ1n) is 11.7. The van der Waals surface area contributed by atoms with Crippen molar-refractivity contribution in [2.45, 2.75) is 69.7 Å². The molecule has 11 heteroatoms. The Labute approximate surface area is 206 Å². The largest absolute Gasteiger partial charge is 0.507 e. The molecule has 0 radical (unpaired) electrons. The Morgan fingerprint density at radius 1 is 1.17 bits per heavy atom. The van der Waals surface area contributed by atoms with Crippen molar-refractivity contribution in [3.05, 3.63) is 49.1 Å². The van der Waals surface area contributed by atoms with Crippen molar-refractivity contribution in [1.82, 2.24) is 24.6 Å². The van der Waals surface area contributed by atoms with E-state index < -0.39 is 42.2 Å². The number of piperidine rings is 1. The molecule has 4 heterocycles. The Hall–Kier alpha value is -3.76. The lowest BCUT2D eigenvalue weighted by atomic mass is 9.99. The lowest BCUT2D eigenvalue weighted by Crippen LogP contribution is -2.53. The fourth-order valence-electron chi connectivity index (χ4n) is 4.83. The van der Waals surface area contributed by atoms with Crippen molar-refractivity contribution in [3.63, 3.8) is 0 Å². The van der Waals surface area contributed by atoms with Crippen LogP contribution < -0.4 is 4.74 Å². The van der Waals surface area contributed by atoms with Crippen molar-refractivity contribution in [1.29, 1.82) is 0 Å². The lowest BCUT2D eigenvalue weighted by molar-refractivity contribution is -0.0609. The highest BCUT2D eigenvalue weighted by Gasteiger charge is 2.60. The van der Waals surface area contributed by atoms with Gasteiger partial charge in [-0.2, -0.15) is 0 Å². The second kappa shape index (κ2) is 8.72. The van der Waals surface area contributed by atoms with Gasteiger partial charge in [0.05, 0.1) is 17.7 Å². The Kier molecular flexibility index (Phi) is 5.80. The van der Waals surface area contributed by atoms with E-state index in [9.17, 15) is 18.7 Å². The molecule has 1 amide bonds. The topological polar surface area (TPSA) is 103 Å². The first kappa shape index (κ1) is 24.0. The van der Waals surface area contributed by atoms with E-state index in [0.29, 0.717) is 11.3 Å². The average Bonchev–Trinajstić information content (AvgIpc) is 3.38. The number of carbonyl (C=O) groups excluding carboxylic acids is 1. The molecule has 36 heavy (non-hydrogen) atoms. The zero-order valence-corrected chi connectivity index (χ0v) is 20.1. The van der Waals surface area contributed by atoms with E-state index in [1.165, 1.54) is 4.90 Å². The van der Waals surface area contributed by atoms with E-state index in [4.69, 9.17) is 9.47 Å². The summed E-state index contributed by atoms with van der Waals surface area (Å²) in [4.78, 5) is 17.8. The summed E-state index contributed by atoms with van der Waals surface area (Å²) in [5.74, 6) is -2.81. The van der Waals surface area contributed by atoms with Gasteiger partial charge in [0.15, 0.2) is 0 Å². The summed E-state index contributed by atoms with van der Waals surface area (Å²) in [6.07, 6.45) is 3.54. The van der Waals surface area contributed by atoms with Crippen molar-refractivity contribution in [2.75, 3.05) is 0 Å². The number of fused-ring (bicyclic) bond motifs is 2. The van der Waals surface area contributed by atoms with E-state index in [1.807, 2.05) is 6.07 Å². The standard InChI is InChI=1S/C25H27F2N5O4/c1-24(2,3)36-23(34)32-16-10-17(12-21(32)25(26,27)13-16)35-22-7-6-19(29-30-22)18-5-4-15(11-20(18)33)31-9-8-28-14-31/h4-9,11,14,16-17,21,33H,10,12-13H2,1-3H3/t16?,17-,21?/m1/s1. The smallest absolute Gasteiger partial charge is 0.411 e. The Balaban J connectivity index is 1.27. The minimum atomic E-state index is -3.02. The van der Waals surface area contributed by atoms with E-state index >= 15 is 0 Å². The van der Waals surface area contributed by atoms with Gasteiger partial charge in [-0.15, -0.1) is 10.2 Å². The van der Waals surface area contributed by atoms with E-state index in [0.717, 1.165) is 5.69 Å². The van der Waals surface area contributed by atoms with Crippen LogP contribution in [-0.4, -0.2) is 65.6 Å². The summed E-state index contributed by atoms with van der Waals surface area (Å²) in [5, 5.41) is 18.7. The van der Waals surface area contributed by atoms with Crippen LogP contribution >= 0.6 is 0 Å². The van der Waals surface area contributed by atoms with Crippen LogP contribution in [0.4, 0.5) is 13.6 Å². The van der Waals surface area contributed by atoms with Gasteiger partial charge in [-0.25, -0.2) is 18.6 Å². The van der Waals surface area contributed by atoms with Crippen LogP contribution in [0.15, 0.2) is 49.1 Å². The fraction of sp³-hybridized carbons (Fsp3) is 0.440. The van der Waals surface area contributed by atoms with Crippen molar-refractivity contribution >= 4 is 6.09 Å². The van der Waals surface area contributed by atoms with Gasteiger partial charge in [-0.05, 0) is 39.0 Å². The van der Waals surface area contributed by atoms with Crippen LogP contribution in [0.25, 0.3) is 16.9 Å². The molecular weight excluding hydrogens is 472 g/mol. The maximum Gasteiger partial charge on any atom is 0.411 e. The molecule has 3 aromatic rings. The predicted octanol–water partition coefficient (Wildman–Crippen LogP) is 4.59. The van der Waals surface area contributed by atoms with E-state index in [1.54, 1.807) is 68.3 Å². The number of aromatic nitrogens is 4. The van der Waals surface area contributed by atoms with Gasteiger partial charge in [0, 0.05) is 55.4 Å². The molecule has 2 unspecified atom stereocenters. The number of rotatable bonds is 4. The third kappa shape index (κ3) is 4.69. The monoisotopic (exact) mass is 499 g/mol. The number of phenols is 1. The van der Waals surface area contributed by atoms with Gasteiger partial charge in [0.25, 0.3) is 5.92 Å². The van der Waals surface area contributed by atoms with E-state index in [-0.39, 0.29) is 24.5 Å². The molecule has 5 rings (SSSR count). The zero-order chi connectivity index (χ0) is 25.7. The normalized spacial score (nSPS) is 22.9. The summed E-state index contributed by atoms with van der Waals surface area (Å²) in [5.41, 5.74) is 0.889. The number of carbonyl (C=O) groups is 1. The molecule has 2 aliphatic rings. The van der Waals surface area contributed by atoms with Crippen molar-refractivity contribution < 1.29 is 28.2 Å². The highest BCUT2D eigenvalue weighted by atomic mass is 19.3. The molecule has 0 spiro atoms. The van der Waals surface area contributed by atoms with Crippen molar-refractivity contribution in [3.8, 4) is 28.6 Å². The Morgan fingerprint density at radius 3 is 2.58 bits per heavy atom. The molecule has 2 saturated heterocycles. The number of alkyl halides is 2. The quantitative estimate of drug-likeness (QED) is 0.560. The molecule has 1 N–H and O–H groups in total. The second-order valence-corrected chi connectivity index (χ2v) is 10.2. The van der Waals surface area contributed by atoms with Gasteiger partial charge < -0.3 is 19.1 Å². The SMILES string of the molecule is CC(C)(C)OC(=O)N1C2C[C@@H](Oc3ccc(-c4ccc(-n5ccnc5)cc4O)nn3)CC1C(F)(F)C2. The van der Waals surface area contributed by atoms with Crippen LogP contribution in [0, 0.1) is 0 Å². The minimum Gasteiger partial charge on any atom is -0.507 e. The van der Waals surface area contributed by atoms with Crippen LogP contribution in [0.3, 0.4) is 0 Å². The second-order valence-electron chi connectivity index (χ2n) is 10.2. The number of amides is 1. The summed E-state index contributed by atoms with van der Waals surface area (Å²) < 4.78 is 42.4. The number of hydrogen-bond acceptors (Lipinski definition) is 7. The zero-order valence-electron chi connectivity index (χ0n) is 20.1. The highest BCUT2D eigenvalue weighted by Crippen LogP contribution is 2.47. The number of ether oxygens (including phenoxy) is 2. The molecule has 1 aromatic carbocycles. The third-order valence-electron chi connectivity index (χ3n) is 6.34. The maximum atomic E-state index is 14.7. The van der Waals surface area contributed by atoms with Crippen LogP contribution in [0.5, 0.6) is 11.6 Å². The molecule has 0 saturated carbocycles. The number of nitrogens with zero attached hydrogens (tertiary/aromatic N) is 5. The molecule has 2 fully saturated rings. The first-order valence-corrected chi connectivity index (χ1v) is 11.7. The van der Waals surface area contributed by atoms with Gasteiger partial charge >= 0.3 is 6.09 Å². The van der Waals surface area contributed by atoms with Gasteiger partial charge in [0.2, 0.25) is 5.88 Å². The lowest BCUT2D eigenvalue weighted by Gasteiger charge is -2.39. The van der Waals surface area contributed by atoms with Crippen LogP contribution in [0.1, 0.15) is 40.0 Å². The van der Waals surface area contributed by atoms with Gasteiger partial charge in [0.1, 0.15) is 23.5 Å². The number of benzene rings is 1. The van der Waals surface area contributed by atoms with E-state index in [2.05, 4.69) is 15.2 Å². The summed E-state index contributed by atoms with van der Waals surface area (Å²) >= 11 is 0. The number of hydrogen-bond donors (Lipinski definition) is 1. The fourth-order valence-corrected chi connectivity index (χ4v) is 4.83. The molecule has 2 aliphatic heterocycles. The van der Waals surface area contributed by atoms with Crippen LogP contribution in [-0.2, 0) is 4.74 Å². The number of aromatic hydroxyl groups is 1. The summed E-state index contributed by atoms with van der Waals surface area (Å²) in [6.45, 7) is 5.12. The first-order chi connectivity index (χ1) is 17.0. The molecule has 190 valence electrons. The average molecular weight is 500 g/mol. The molecule has 2 aromatic heterocycles. The molecule has 2 bridgehead atoms. The molecule has 3 atom stereocenters. The summed E-state index contributed by atoms with van der Waals surface area (Å²) in [6, 6.07) is 6.39. The number of imidazole rings is 1. The Morgan fingerprint density at radius 2 is 1.97 bits per heavy atom. The Bertz CT molecular complexity index is 1240. The molecular formula is C25H27F2N5O4. The van der Waals surface area contributed by atoms with Crippen molar-refractivity contribution in [2.24, 2.45) is 0 Å². The minimum absolute atomic E-state index is 0.0255. The highest BCUT2D eigenvalue weighted by molar-refractivity contribution is 5.70. The van der Waals surface area contributed by atoms with Gasteiger partial charge in [-0.3, -0.25) is 4.90 Å².